The minimum atomic E-state index is 0.152. The Balaban J connectivity index is 1.82. The van der Waals surface area contributed by atoms with Crippen molar-refractivity contribution >= 4 is 17.6 Å². The van der Waals surface area contributed by atoms with Crippen LogP contribution in [0, 0.1) is 0 Å². The molecule has 3 N–H and O–H groups in total. The van der Waals surface area contributed by atoms with Crippen molar-refractivity contribution in [3.8, 4) is 0 Å². The van der Waals surface area contributed by atoms with Gasteiger partial charge in [0.2, 0.25) is 5.95 Å². The molecule has 0 saturated carbocycles. The lowest BCUT2D eigenvalue weighted by atomic mass is 10.2. The van der Waals surface area contributed by atoms with Gasteiger partial charge < -0.3 is 25.5 Å². The van der Waals surface area contributed by atoms with E-state index in [4.69, 9.17) is 5.73 Å². The third kappa shape index (κ3) is 3.03. The number of nitrogens with zero attached hydrogens (tertiary/aromatic N) is 5. The summed E-state index contributed by atoms with van der Waals surface area (Å²) in [6.07, 6.45) is 2.09. The van der Waals surface area contributed by atoms with Crippen LogP contribution in [0.5, 0.6) is 0 Å². The molecule has 1 unspecified atom stereocenters. The van der Waals surface area contributed by atoms with E-state index in [0.29, 0.717) is 5.95 Å². The quantitative estimate of drug-likeness (QED) is 0.796. The minimum Gasteiger partial charge on any atom is -0.394 e. The number of anilines is 3. The van der Waals surface area contributed by atoms with Gasteiger partial charge in [0.1, 0.15) is 11.6 Å². The number of nitrogens with two attached hydrogens (primary N) is 1. The van der Waals surface area contributed by atoms with Crippen LogP contribution in [-0.2, 0) is 0 Å². The molecule has 1 aromatic rings. The maximum absolute atomic E-state index is 9.48. The molecule has 0 spiro atoms. The number of nitrogen functional groups attached to an aromatic ring is 1. The van der Waals surface area contributed by atoms with E-state index in [1.54, 1.807) is 0 Å². The molecule has 2 aliphatic rings. The largest absolute Gasteiger partial charge is 0.394 e. The zero-order valence-electron chi connectivity index (χ0n) is 12.6. The molecule has 2 aliphatic heterocycles. The molecule has 1 atom stereocenters. The second kappa shape index (κ2) is 6.03. The highest BCUT2D eigenvalue weighted by molar-refractivity contribution is 5.55. The molecule has 0 amide bonds. The van der Waals surface area contributed by atoms with E-state index >= 15 is 0 Å². The monoisotopic (exact) mass is 292 g/mol. The van der Waals surface area contributed by atoms with Crippen LogP contribution in [0.2, 0.25) is 0 Å². The summed E-state index contributed by atoms with van der Waals surface area (Å²) in [5.41, 5.74) is 5.90. The second-order valence-electron chi connectivity index (χ2n) is 5.90. The lowest BCUT2D eigenvalue weighted by molar-refractivity contribution is 0.266. The summed E-state index contributed by atoms with van der Waals surface area (Å²) in [5, 5.41) is 9.48. The fourth-order valence-corrected chi connectivity index (χ4v) is 3.11. The van der Waals surface area contributed by atoms with Crippen molar-refractivity contribution in [1.82, 2.24) is 14.9 Å². The predicted molar refractivity (Wildman–Crippen MR) is 83.6 cm³/mol. The lowest BCUT2D eigenvalue weighted by Gasteiger charge is -2.34. The Kier molecular flexibility index (Phi) is 4.12. The average Bonchev–Trinajstić information content (AvgIpc) is 2.96. The Morgan fingerprint density at radius 2 is 1.90 bits per heavy atom. The van der Waals surface area contributed by atoms with Gasteiger partial charge in [-0.05, 0) is 19.9 Å². The molecule has 3 rings (SSSR count). The zero-order chi connectivity index (χ0) is 14.8. The van der Waals surface area contributed by atoms with Crippen molar-refractivity contribution in [3.05, 3.63) is 6.07 Å². The average molecular weight is 292 g/mol. The van der Waals surface area contributed by atoms with Crippen molar-refractivity contribution in [2.45, 2.75) is 18.9 Å². The first-order valence-electron chi connectivity index (χ1n) is 7.63. The minimum absolute atomic E-state index is 0.152. The summed E-state index contributed by atoms with van der Waals surface area (Å²) in [5.74, 6) is 2.05. The molecule has 116 valence electrons. The van der Waals surface area contributed by atoms with E-state index in [2.05, 4.69) is 31.7 Å². The standard InChI is InChI=1S/C14H24N6O/c1-18-5-7-19(8-6-18)12-9-13(17-14(15)16-12)20-4-2-3-11(20)10-21/h9,11,21H,2-8,10H2,1H3,(H2,15,16,17). The summed E-state index contributed by atoms with van der Waals surface area (Å²) in [6, 6.07) is 2.16. The van der Waals surface area contributed by atoms with Crippen LogP contribution in [0.15, 0.2) is 6.07 Å². The number of likely N-dealkylation sites (N-methyl/N-ethyl adjacent to an activating group) is 1. The summed E-state index contributed by atoms with van der Waals surface area (Å²) < 4.78 is 0. The second-order valence-corrected chi connectivity index (χ2v) is 5.90. The van der Waals surface area contributed by atoms with E-state index in [1.165, 1.54) is 0 Å². The molecule has 21 heavy (non-hydrogen) atoms. The van der Waals surface area contributed by atoms with Crippen molar-refractivity contribution in [1.29, 1.82) is 0 Å². The Hall–Kier alpha value is -1.60. The molecule has 7 heteroatoms. The van der Waals surface area contributed by atoms with Crippen LogP contribution < -0.4 is 15.5 Å². The Morgan fingerprint density at radius 3 is 2.62 bits per heavy atom. The lowest BCUT2D eigenvalue weighted by Crippen LogP contribution is -2.45. The molecular formula is C14H24N6O. The summed E-state index contributed by atoms with van der Waals surface area (Å²) in [4.78, 5) is 15.5. The molecular weight excluding hydrogens is 268 g/mol. The van der Waals surface area contributed by atoms with Gasteiger partial charge in [-0.3, -0.25) is 0 Å². The van der Waals surface area contributed by atoms with Crippen molar-refractivity contribution in [2.75, 3.05) is 61.9 Å². The fraction of sp³-hybridized carbons (Fsp3) is 0.714. The Bertz CT molecular complexity index is 488. The van der Waals surface area contributed by atoms with Gasteiger partial charge in [-0.15, -0.1) is 0 Å². The van der Waals surface area contributed by atoms with Crippen LogP contribution in [0.1, 0.15) is 12.8 Å². The smallest absolute Gasteiger partial charge is 0.223 e. The molecule has 0 radical (unpaired) electrons. The molecule has 0 aromatic carbocycles. The number of aliphatic hydroxyl groups is 1. The molecule has 2 fully saturated rings. The normalized spacial score (nSPS) is 23.8. The van der Waals surface area contributed by atoms with E-state index in [1.807, 2.05) is 6.07 Å². The predicted octanol–water partition coefficient (Wildman–Crippen LogP) is -0.228. The number of piperazine rings is 1. The third-order valence-corrected chi connectivity index (χ3v) is 4.43. The van der Waals surface area contributed by atoms with Crippen LogP contribution >= 0.6 is 0 Å². The Labute approximate surface area is 125 Å². The number of hydrogen-bond donors (Lipinski definition) is 2. The van der Waals surface area contributed by atoms with Gasteiger partial charge in [0.15, 0.2) is 0 Å². The Morgan fingerprint density at radius 1 is 1.19 bits per heavy atom. The van der Waals surface area contributed by atoms with Crippen molar-refractivity contribution in [3.63, 3.8) is 0 Å². The summed E-state index contributed by atoms with van der Waals surface area (Å²) in [7, 11) is 2.13. The van der Waals surface area contributed by atoms with Gasteiger partial charge in [-0.25, -0.2) is 0 Å². The van der Waals surface area contributed by atoms with Crippen LogP contribution in [0.25, 0.3) is 0 Å². The number of rotatable bonds is 3. The summed E-state index contributed by atoms with van der Waals surface area (Å²) in [6.45, 7) is 5.05. The highest BCUT2D eigenvalue weighted by Crippen LogP contribution is 2.27. The molecule has 2 saturated heterocycles. The maximum atomic E-state index is 9.48. The number of aromatic nitrogens is 2. The molecule has 0 bridgehead atoms. The molecule has 3 heterocycles. The highest BCUT2D eigenvalue weighted by Gasteiger charge is 2.26. The van der Waals surface area contributed by atoms with Gasteiger partial charge in [0.05, 0.1) is 12.6 Å². The zero-order valence-corrected chi connectivity index (χ0v) is 12.6. The van der Waals surface area contributed by atoms with Gasteiger partial charge in [-0.2, -0.15) is 9.97 Å². The molecule has 1 aromatic heterocycles. The topological polar surface area (TPSA) is 81.8 Å². The van der Waals surface area contributed by atoms with Crippen molar-refractivity contribution < 1.29 is 5.11 Å². The van der Waals surface area contributed by atoms with E-state index < -0.39 is 0 Å². The van der Waals surface area contributed by atoms with Crippen LogP contribution in [-0.4, -0.2) is 72.4 Å². The third-order valence-electron chi connectivity index (χ3n) is 4.43. The van der Waals surface area contributed by atoms with E-state index in [9.17, 15) is 5.11 Å². The van der Waals surface area contributed by atoms with Crippen LogP contribution in [0.4, 0.5) is 17.6 Å². The van der Waals surface area contributed by atoms with Gasteiger partial charge >= 0.3 is 0 Å². The first kappa shape index (κ1) is 14.3. The summed E-state index contributed by atoms with van der Waals surface area (Å²) >= 11 is 0. The van der Waals surface area contributed by atoms with Gasteiger partial charge in [0, 0.05) is 38.8 Å². The highest BCUT2D eigenvalue weighted by atomic mass is 16.3. The molecule has 7 nitrogen and oxygen atoms in total. The maximum Gasteiger partial charge on any atom is 0.223 e. The van der Waals surface area contributed by atoms with Gasteiger partial charge in [0.25, 0.3) is 0 Å². The SMILES string of the molecule is CN1CCN(c2cc(N3CCCC3CO)nc(N)n2)CC1. The first-order chi connectivity index (χ1) is 10.2. The van der Waals surface area contributed by atoms with Crippen molar-refractivity contribution in [2.24, 2.45) is 0 Å². The van der Waals surface area contributed by atoms with E-state index in [-0.39, 0.29) is 12.6 Å². The van der Waals surface area contributed by atoms with E-state index in [0.717, 1.165) is 57.2 Å². The number of aliphatic hydroxyl groups excluding tert-OH is 1. The van der Waals surface area contributed by atoms with Gasteiger partial charge in [-0.1, -0.05) is 0 Å². The molecule has 0 aliphatic carbocycles. The fourth-order valence-electron chi connectivity index (χ4n) is 3.11. The number of hydrogen-bond acceptors (Lipinski definition) is 7. The van der Waals surface area contributed by atoms with Crippen LogP contribution in [0.3, 0.4) is 0 Å². The first-order valence-corrected chi connectivity index (χ1v) is 7.63.